The molecule has 1 aliphatic carbocycles. The first-order chi connectivity index (χ1) is 12.7. The van der Waals surface area contributed by atoms with Crippen LogP contribution in [0.25, 0.3) is 0 Å². The minimum atomic E-state index is -0.0583. The van der Waals surface area contributed by atoms with Gasteiger partial charge in [-0.25, -0.2) is 4.98 Å². The zero-order chi connectivity index (χ0) is 17.9. The van der Waals surface area contributed by atoms with E-state index in [1.165, 1.54) is 19.3 Å². The lowest BCUT2D eigenvalue weighted by Crippen LogP contribution is -2.36. The molecule has 2 bridgehead atoms. The average Bonchev–Trinajstić information content (AvgIpc) is 3.00. The molecule has 2 aromatic rings. The summed E-state index contributed by atoms with van der Waals surface area (Å²) in [6.45, 7) is 4.74. The lowest BCUT2D eigenvalue weighted by atomic mass is 9.99. The van der Waals surface area contributed by atoms with Crippen molar-refractivity contribution in [1.82, 2.24) is 15.3 Å². The third-order valence-electron chi connectivity index (χ3n) is 5.31. The third-order valence-corrected chi connectivity index (χ3v) is 5.31. The second kappa shape index (κ2) is 7.32. The number of hydrogen-bond acceptors (Lipinski definition) is 5. The van der Waals surface area contributed by atoms with Gasteiger partial charge in [0.2, 0.25) is 5.95 Å². The van der Waals surface area contributed by atoms with E-state index in [1.54, 1.807) is 12.1 Å². The standard InChI is InChI=1S/C20H25N5O/c1-2-21-19(26)16-5-7-17(8-6-16)23-20-22-10-9-18(24-20)25-12-14-3-4-15(11-14)13-25/h5-10,14-15H,2-4,11-13H2,1H3,(H,21,26)(H,22,23,24)/t14-,15+. The molecular weight excluding hydrogens is 326 g/mol. The summed E-state index contributed by atoms with van der Waals surface area (Å²) in [5.41, 5.74) is 1.52. The van der Waals surface area contributed by atoms with Crippen LogP contribution in [0.4, 0.5) is 17.5 Å². The van der Waals surface area contributed by atoms with Crippen molar-refractivity contribution < 1.29 is 4.79 Å². The van der Waals surface area contributed by atoms with Gasteiger partial charge in [0.15, 0.2) is 0 Å². The fourth-order valence-corrected chi connectivity index (χ4v) is 4.08. The first-order valence-corrected chi connectivity index (χ1v) is 9.44. The molecule has 1 aromatic carbocycles. The summed E-state index contributed by atoms with van der Waals surface area (Å²) in [7, 11) is 0. The molecule has 2 heterocycles. The molecular formula is C20H25N5O. The Morgan fingerprint density at radius 1 is 1.15 bits per heavy atom. The molecule has 2 N–H and O–H groups in total. The summed E-state index contributed by atoms with van der Waals surface area (Å²) in [5.74, 6) is 3.17. The van der Waals surface area contributed by atoms with E-state index in [9.17, 15) is 4.79 Å². The molecule has 2 fully saturated rings. The van der Waals surface area contributed by atoms with Gasteiger partial charge in [0, 0.05) is 37.1 Å². The van der Waals surface area contributed by atoms with Crippen molar-refractivity contribution in [2.45, 2.75) is 26.2 Å². The average molecular weight is 351 g/mol. The minimum absolute atomic E-state index is 0.0583. The fourth-order valence-electron chi connectivity index (χ4n) is 4.08. The van der Waals surface area contributed by atoms with Gasteiger partial charge in [-0.1, -0.05) is 0 Å². The Bertz CT molecular complexity index is 764. The predicted octanol–water partition coefficient (Wildman–Crippen LogP) is 3.21. The molecule has 0 spiro atoms. The lowest BCUT2D eigenvalue weighted by Gasteiger charge is -2.32. The number of fused-ring (bicyclic) bond motifs is 2. The van der Waals surface area contributed by atoms with Gasteiger partial charge in [0.25, 0.3) is 5.91 Å². The first kappa shape index (κ1) is 16.8. The van der Waals surface area contributed by atoms with Gasteiger partial charge in [-0.05, 0) is 68.4 Å². The van der Waals surface area contributed by atoms with E-state index >= 15 is 0 Å². The number of benzene rings is 1. The summed E-state index contributed by atoms with van der Waals surface area (Å²) >= 11 is 0. The number of hydrogen-bond donors (Lipinski definition) is 2. The number of piperidine rings is 1. The molecule has 2 atom stereocenters. The van der Waals surface area contributed by atoms with Crippen molar-refractivity contribution >= 4 is 23.4 Å². The van der Waals surface area contributed by atoms with Crippen LogP contribution < -0.4 is 15.5 Å². The van der Waals surface area contributed by atoms with Crippen LogP contribution >= 0.6 is 0 Å². The highest BCUT2D eigenvalue weighted by atomic mass is 16.1. The topological polar surface area (TPSA) is 70.2 Å². The Kier molecular flexibility index (Phi) is 4.73. The van der Waals surface area contributed by atoms with Crippen LogP contribution in [0.5, 0.6) is 0 Å². The van der Waals surface area contributed by atoms with Crippen LogP contribution in [0.1, 0.15) is 36.5 Å². The van der Waals surface area contributed by atoms with Gasteiger partial charge in [0.1, 0.15) is 5.82 Å². The number of nitrogens with one attached hydrogen (secondary N) is 2. The number of amides is 1. The van der Waals surface area contributed by atoms with Crippen molar-refractivity contribution in [1.29, 1.82) is 0 Å². The smallest absolute Gasteiger partial charge is 0.251 e. The van der Waals surface area contributed by atoms with E-state index in [4.69, 9.17) is 4.98 Å². The summed E-state index contributed by atoms with van der Waals surface area (Å²) in [4.78, 5) is 23.3. The minimum Gasteiger partial charge on any atom is -0.356 e. The van der Waals surface area contributed by atoms with Crippen LogP contribution in [0.2, 0.25) is 0 Å². The summed E-state index contributed by atoms with van der Waals surface area (Å²) in [6.07, 6.45) is 5.90. The van der Waals surface area contributed by atoms with E-state index < -0.39 is 0 Å². The van der Waals surface area contributed by atoms with Crippen LogP contribution in [0, 0.1) is 11.8 Å². The maximum Gasteiger partial charge on any atom is 0.251 e. The molecule has 1 amide bonds. The highest BCUT2D eigenvalue weighted by molar-refractivity contribution is 5.94. The molecule has 26 heavy (non-hydrogen) atoms. The van der Waals surface area contributed by atoms with Crippen molar-refractivity contribution in [3.63, 3.8) is 0 Å². The lowest BCUT2D eigenvalue weighted by molar-refractivity contribution is 0.0956. The molecule has 1 saturated heterocycles. The van der Waals surface area contributed by atoms with Gasteiger partial charge in [-0.2, -0.15) is 4.98 Å². The molecule has 2 aliphatic rings. The van der Waals surface area contributed by atoms with Gasteiger partial charge in [0.05, 0.1) is 0 Å². The molecule has 4 rings (SSSR count). The maximum atomic E-state index is 11.8. The zero-order valence-corrected chi connectivity index (χ0v) is 15.1. The third kappa shape index (κ3) is 3.64. The van der Waals surface area contributed by atoms with Gasteiger partial charge >= 0.3 is 0 Å². The Morgan fingerprint density at radius 2 is 1.88 bits per heavy atom. The molecule has 6 heteroatoms. The highest BCUT2D eigenvalue weighted by Crippen LogP contribution is 2.37. The van der Waals surface area contributed by atoms with Gasteiger partial charge in [-0.15, -0.1) is 0 Å². The molecule has 1 saturated carbocycles. The number of carbonyl (C=O) groups is 1. The second-order valence-electron chi connectivity index (χ2n) is 7.25. The Labute approximate surface area is 154 Å². The van der Waals surface area contributed by atoms with Crippen molar-refractivity contribution in [3.8, 4) is 0 Å². The molecule has 1 aromatic heterocycles. The fraction of sp³-hybridized carbons (Fsp3) is 0.450. The molecule has 1 aliphatic heterocycles. The van der Waals surface area contributed by atoms with Crippen LogP contribution in [-0.4, -0.2) is 35.5 Å². The number of aromatic nitrogens is 2. The largest absolute Gasteiger partial charge is 0.356 e. The van der Waals surface area contributed by atoms with E-state index in [0.717, 1.165) is 36.4 Å². The van der Waals surface area contributed by atoms with Crippen LogP contribution in [0.3, 0.4) is 0 Å². The summed E-state index contributed by atoms with van der Waals surface area (Å²) in [5, 5.41) is 6.04. The molecule has 6 nitrogen and oxygen atoms in total. The number of anilines is 3. The van der Waals surface area contributed by atoms with Crippen LogP contribution in [-0.2, 0) is 0 Å². The Balaban J connectivity index is 1.44. The summed E-state index contributed by atoms with van der Waals surface area (Å²) < 4.78 is 0. The van der Waals surface area contributed by atoms with Crippen LogP contribution in [0.15, 0.2) is 36.5 Å². The first-order valence-electron chi connectivity index (χ1n) is 9.44. The van der Waals surface area contributed by atoms with Crippen molar-refractivity contribution in [2.75, 3.05) is 29.9 Å². The zero-order valence-electron chi connectivity index (χ0n) is 15.1. The van der Waals surface area contributed by atoms with Crippen molar-refractivity contribution in [3.05, 3.63) is 42.1 Å². The van der Waals surface area contributed by atoms with Crippen molar-refractivity contribution in [2.24, 2.45) is 11.8 Å². The van der Waals surface area contributed by atoms with E-state index in [-0.39, 0.29) is 5.91 Å². The SMILES string of the molecule is CCNC(=O)c1ccc(Nc2nccc(N3C[C@@H]4CC[C@@H](C4)C3)n2)cc1. The second-order valence-corrected chi connectivity index (χ2v) is 7.25. The number of nitrogens with zero attached hydrogens (tertiary/aromatic N) is 3. The predicted molar refractivity (Wildman–Crippen MR) is 103 cm³/mol. The molecule has 0 unspecified atom stereocenters. The summed E-state index contributed by atoms with van der Waals surface area (Å²) in [6, 6.07) is 9.36. The normalized spacial score (nSPS) is 21.5. The van der Waals surface area contributed by atoms with E-state index in [1.807, 2.05) is 31.3 Å². The maximum absolute atomic E-state index is 11.8. The monoisotopic (exact) mass is 351 g/mol. The van der Waals surface area contributed by atoms with E-state index in [0.29, 0.717) is 18.1 Å². The van der Waals surface area contributed by atoms with E-state index in [2.05, 4.69) is 20.5 Å². The number of rotatable bonds is 5. The van der Waals surface area contributed by atoms with Gasteiger partial charge in [-0.3, -0.25) is 4.79 Å². The molecule has 0 radical (unpaired) electrons. The Morgan fingerprint density at radius 3 is 2.58 bits per heavy atom. The Hall–Kier alpha value is -2.63. The van der Waals surface area contributed by atoms with Gasteiger partial charge < -0.3 is 15.5 Å². The highest BCUT2D eigenvalue weighted by Gasteiger charge is 2.33. The number of carbonyl (C=O) groups excluding carboxylic acids is 1. The quantitative estimate of drug-likeness (QED) is 0.866. The molecule has 136 valence electrons.